The SMILES string of the molecule is Cc1noc(C)c1CN(C)C(=O)c1cc(Cl)ccc1Br. The topological polar surface area (TPSA) is 46.3 Å². The van der Waals surface area contributed by atoms with Gasteiger partial charge in [0.25, 0.3) is 5.91 Å². The Bertz CT molecular complexity index is 635. The number of halogens is 2. The second-order valence-corrected chi connectivity index (χ2v) is 5.88. The summed E-state index contributed by atoms with van der Waals surface area (Å²) in [5, 5.41) is 4.42. The van der Waals surface area contributed by atoms with Gasteiger partial charge in [0, 0.05) is 22.1 Å². The molecule has 0 aliphatic rings. The molecule has 0 bridgehead atoms. The molecule has 2 rings (SSSR count). The second-order valence-electron chi connectivity index (χ2n) is 4.59. The van der Waals surface area contributed by atoms with E-state index in [9.17, 15) is 4.79 Å². The predicted octanol–water partition coefficient (Wildman–Crippen LogP) is 3.98. The summed E-state index contributed by atoms with van der Waals surface area (Å²) >= 11 is 9.31. The maximum absolute atomic E-state index is 12.5. The van der Waals surface area contributed by atoms with Gasteiger partial charge in [-0.15, -0.1) is 0 Å². The Balaban J connectivity index is 2.23. The molecule has 0 atom stereocenters. The molecule has 1 aromatic carbocycles. The van der Waals surface area contributed by atoms with Gasteiger partial charge in [-0.25, -0.2) is 0 Å². The first-order valence-electron chi connectivity index (χ1n) is 6.02. The zero-order chi connectivity index (χ0) is 14.9. The fraction of sp³-hybridized carbons (Fsp3) is 0.286. The highest BCUT2D eigenvalue weighted by molar-refractivity contribution is 9.10. The number of benzene rings is 1. The fourth-order valence-corrected chi connectivity index (χ4v) is 2.49. The Labute approximate surface area is 130 Å². The Morgan fingerprint density at radius 3 is 2.75 bits per heavy atom. The average molecular weight is 358 g/mol. The van der Waals surface area contributed by atoms with Crippen molar-refractivity contribution >= 4 is 33.4 Å². The van der Waals surface area contributed by atoms with Crippen LogP contribution >= 0.6 is 27.5 Å². The van der Waals surface area contributed by atoms with E-state index in [4.69, 9.17) is 16.1 Å². The number of aromatic nitrogens is 1. The minimum atomic E-state index is -0.112. The molecule has 0 aliphatic heterocycles. The van der Waals surface area contributed by atoms with Gasteiger partial charge in [-0.3, -0.25) is 4.79 Å². The monoisotopic (exact) mass is 356 g/mol. The molecule has 2 aromatic rings. The molecule has 0 spiro atoms. The first-order chi connectivity index (χ1) is 9.40. The van der Waals surface area contributed by atoms with Crippen LogP contribution in [0.3, 0.4) is 0 Å². The summed E-state index contributed by atoms with van der Waals surface area (Å²) < 4.78 is 5.83. The minimum absolute atomic E-state index is 0.112. The van der Waals surface area contributed by atoms with Crippen LogP contribution < -0.4 is 0 Å². The van der Waals surface area contributed by atoms with Crippen LogP contribution in [0.4, 0.5) is 0 Å². The summed E-state index contributed by atoms with van der Waals surface area (Å²) in [6.07, 6.45) is 0. The highest BCUT2D eigenvalue weighted by atomic mass is 79.9. The summed E-state index contributed by atoms with van der Waals surface area (Å²) in [4.78, 5) is 14.1. The Morgan fingerprint density at radius 1 is 1.45 bits per heavy atom. The predicted molar refractivity (Wildman–Crippen MR) is 80.9 cm³/mol. The highest BCUT2D eigenvalue weighted by Crippen LogP contribution is 2.23. The first kappa shape index (κ1) is 15.1. The fourth-order valence-electron chi connectivity index (χ4n) is 1.90. The van der Waals surface area contributed by atoms with Gasteiger partial charge in [-0.1, -0.05) is 16.8 Å². The van der Waals surface area contributed by atoms with Crippen LogP contribution in [0.1, 0.15) is 27.4 Å². The van der Waals surface area contributed by atoms with Crippen molar-refractivity contribution in [2.75, 3.05) is 7.05 Å². The quantitative estimate of drug-likeness (QED) is 0.834. The normalized spacial score (nSPS) is 10.7. The molecule has 6 heteroatoms. The number of rotatable bonds is 3. The molecular weight excluding hydrogens is 344 g/mol. The molecule has 1 heterocycles. The van der Waals surface area contributed by atoms with Gasteiger partial charge in [-0.05, 0) is 48.0 Å². The van der Waals surface area contributed by atoms with Crippen LogP contribution in [0.25, 0.3) is 0 Å². The molecule has 0 saturated carbocycles. The lowest BCUT2D eigenvalue weighted by molar-refractivity contribution is 0.0783. The third-order valence-electron chi connectivity index (χ3n) is 3.08. The van der Waals surface area contributed by atoms with Gasteiger partial charge in [0.1, 0.15) is 5.76 Å². The largest absolute Gasteiger partial charge is 0.361 e. The Hall–Kier alpha value is -1.33. The van der Waals surface area contributed by atoms with Crippen molar-refractivity contribution in [3.8, 4) is 0 Å². The van der Waals surface area contributed by atoms with Crippen molar-refractivity contribution in [1.82, 2.24) is 10.1 Å². The highest BCUT2D eigenvalue weighted by Gasteiger charge is 2.18. The van der Waals surface area contributed by atoms with E-state index in [0.29, 0.717) is 17.1 Å². The minimum Gasteiger partial charge on any atom is -0.361 e. The van der Waals surface area contributed by atoms with Crippen molar-refractivity contribution in [3.63, 3.8) is 0 Å². The molecule has 0 N–H and O–H groups in total. The smallest absolute Gasteiger partial charge is 0.255 e. The number of hydrogen-bond donors (Lipinski definition) is 0. The van der Waals surface area contributed by atoms with Crippen LogP contribution in [0.15, 0.2) is 27.2 Å². The van der Waals surface area contributed by atoms with Gasteiger partial charge in [0.2, 0.25) is 0 Å². The average Bonchev–Trinajstić information content (AvgIpc) is 2.72. The van der Waals surface area contributed by atoms with Crippen LogP contribution in [-0.4, -0.2) is 23.0 Å². The number of hydrogen-bond acceptors (Lipinski definition) is 3. The van der Waals surface area contributed by atoms with Gasteiger partial charge in [0.05, 0.1) is 17.8 Å². The van der Waals surface area contributed by atoms with E-state index in [-0.39, 0.29) is 5.91 Å². The maximum Gasteiger partial charge on any atom is 0.255 e. The lowest BCUT2D eigenvalue weighted by atomic mass is 10.1. The number of nitrogens with zero attached hydrogens (tertiary/aromatic N) is 2. The molecule has 1 aromatic heterocycles. The number of carbonyl (C=O) groups excluding carboxylic acids is 1. The van der Waals surface area contributed by atoms with Gasteiger partial charge in [-0.2, -0.15) is 0 Å². The summed E-state index contributed by atoms with van der Waals surface area (Å²) in [7, 11) is 1.74. The van der Waals surface area contributed by atoms with Crippen LogP contribution in [0.5, 0.6) is 0 Å². The van der Waals surface area contributed by atoms with E-state index in [0.717, 1.165) is 21.5 Å². The molecule has 0 aliphatic carbocycles. The van der Waals surface area contributed by atoms with E-state index in [1.807, 2.05) is 13.8 Å². The zero-order valence-corrected chi connectivity index (χ0v) is 13.7. The second kappa shape index (κ2) is 5.97. The van der Waals surface area contributed by atoms with Gasteiger partial charge in [0.15, 0.2) is 0 Å². The molecular formula is C14H14BrClN2O2. The molecule has 0 fully saturated rings. The Morgan fingerprint density at radius 2 is 2.15 bits per heavy atom. The summed E-state index contributed by atoms with van der Waals surface area (Å²) in [5.41, 5.74) is 2.26. The van der Waals surface area contributed by atoms with Gasteiger partial charge >= 0.3 is 0 Å². The van der Waals surface area contributed by atoms with Crippen LogP contribution in [-0.2, 0) is 6.54 Å². The molecule has 20 heavy (non-hydrogen) atoms. The summed E-state index contributed by atoms with van der Waals surface area (Å²) in [5.74, 6) is 0.617. The summed E-state index contributed by atoms with van der Waals surface area (Å²) in [6, 6.07) is 5.15. The van der Waals surface area contributed by atoms with Crippen LogP contribution in [0.2, 0.25) is 5.02 Å². The molecule has 0 unspecified atom stereocenters. The third-order valence-corrected chi connectivity index (χ3v) is 4.01. The van der Waals surface area contributed by atoms with E-state index < -0.39 is 0 Å². The van der Waals surface area contributed by atoms with Crippen molar-refractivity contribution < 1.29 is 9.32 Å². The van der Waals surface area contributed by atoms with Crippen molar-refractivity contribution in [3.05, 3.63) is 50.3 Å². The molecule has 0 radical (unpaired) electrons. The lowest BCUT2D eigenvalue weighted by Gasteiger charge is -2.18. The maximum atomic E-state index is 12.5. The summed E-state index contributed by atoms with van der Waals surface area (Å²) in [6.45, 7) is 4.14. The molecule has 1 amide bonds. The molecule has 4 nitrogen and oxygen atoms in total. The number of carbonyl (C=O) groups is 1. The van der Waals surface area contributed by atoms with Gasteiger partial charge < -0.3 is 9.42 Å². The van der Waals surface area contributed by atoms with Crippen molar-refractivity contribution in [2.45, 2.75) is 20.4 Å². The van der Waals surface area contributed by atoms with Crippen molar-refractivity contribution in [1.29, 1.82) is 0 Å². The zero-order valence-electron chi connectivity index (χ0n) is 11.4. The first-order valence-corrected chi connectivity index (χ1v) is 7.19. The van der Waals surface area contributed by atoms with E-state index in [1.54, 1.807) is 30.1 Å². The van der Waals surface area contributed by atoms with E-state index in [1.165, 1.54) is 0 Å². The third kappa shape index (κ3) is 3.04. The number of aryl methyl sites for hydroxylation is 2. The molecule has 0 saturated heterocycles. The molecule has 106 valence electrons. The standard InChI is InChI=1S/C14H14BrClN2O2/c1-8-12(9(2)20-17-8)7-18(3)14(19)11-6-10(16)4-5-13(11)15/h4-6H,7H2,1-3H3. The van der Waals surface area contributed by atoms with Crippen LogP contribution in [0, 0.1) is 13.8 Å². The Kier molecular flexibility index (Phi) is 4.50. The number of amides is 1. The van der Waals surface area contributed by atoms with E-state index >= 15 is 0 Å². The van der Waals surface area contributed by atoms with Crippen molar-refractivity contribution in [2.24, 2.45) is 0 Å². The van der Waals surface area contributed by atoms with E-state index in [2.05, 4.69) is 21.1 Å². The lowest BCUT2D eigenvalue weighted by Crippen LogP contribution is -2.27.